The van der Waals surface area contributed by atoms with Gasteiger partial charge in [0.15, 0.2) is 0 Å². The molecular weight excluding hydrogens is 428 g/mol. The van der Waals surface area contributed by atoms with Crippen LogP contribution in [0.25, 0.3) is 11.1 Å². The normalized spacial score (nSPS) is 14.7. The first-order valence-electron chi connectivity index (χ1n) is 10.2. The molecule has 1 heterocycles. The number of nitrogens with one attached hydrogen (secondary N) is 1. The van der Waals surface area contributed by atoms with E-state index < -0.39 is 10.0 Å². The highest BCUT2D eigenvalue weighted by atomic mass is 32.2. The predicted molar refractivity (Wildman–Crippen MR) is 122 cm³/mol. The summed E-state index contributed by atoms with van der Waals surface area (Å²) in [5.74, 6) is -0.108. The number of anilines is 1. The fourth-order valence-corrected chi connectivity index (χ4v) is 5.15. The van der Waals surface area contributed by atoms with E-state index in [1.54, 1.807) is 24.3 Å². The third-order valence-corrected chi connectivity index (χ3v) is 7.16. The van der Waals surface area contributed by atoms with Gasteiger partial charge in [-0.15, -0.1) is 0 Å². The van der Waals surface area contributed by atoms with E-state index in [1.165, 1.54) is 17.5 Å². The van der Waals surface area contributed by atoms with Crippen molar-refractivity contribution in [2.75, 3.05) is 38.7 Å². The molecule has 3 aromatic carbocycles. The van der Waals surface area contributed by atoms with E-state index in [9.17, 15) is 13.2 Å². The molecule has 1 saturated heterocycles. The Hall–Kier alpha value is -3.20. The molecule has 4 rings (SSSR count). The van der Waals surface area contributed by atoms with Gasteiger partial charge in [0.1, 0.15) is 10.6 Å². The van der Waals surface area contributed by atoms with Gasteiger partial charge in [-0.2, -0.15) is 4.31 Å². The monoisotopic (exact) mass is 452 g/mol. The van der Waals surface area contributed by atoms with Crippen LogP contribution in [0.4, 0.5) is 5.69 Å². The summed E-state index contributed by atoms with van der Waals surface area (Å²) < 4.78 is 38.2. The first kappa shape index (κ1) is 22.0. The summed E-state index contributed by atoms with van der Waals surface area (Å²) >= 11 is 0. The van der Waals surface area contributed by atoms with E-state index in [0.717, 1.165) is 11.1 Å². The quantitative estimate of drug-likeness (QED) is 0.617. The van der Waals surface area contributed by atoms with Gasteiger partial charge in [0.05, 0.1) is 20.3 Å². The van der Waals surface area contributed by atoms with Gasteiger partial charge in [-0.1, -0.05) is 42.5 Å². The van der Waals surface area contributed by atoms with E-state index in [-0.39, 0.29) is 29.6 Å². The van der Waals surface area contributed by atoms with Crippen molar-refractivity contribution in [3.63, 3.8) is 0 Å². The molecule has 0 radical (unpaired) electrons. The van der Waals surface area contributed by atoms with Crippen molar-refractivity contribution >= 4 is 21.6 Å². The van der Waals surface area contributed by atoms with Crippen LogP contribution in [0.5, 0.6) is 5.75 Å². The van der Waals surface area contributed by atoms with Gasteiger partial charge in [0.25, 0.3) is 5.91 Å². The van der Waals surface area contributed by atoms with Crippen molar-refractivity contribution in [3.8, 4) is 16.9 Å². The summed E-state index contributed by atoms with van der Waals surface area (Å²) in [6, 6.07) is 21.6. The molecule has 0 saturated carbocycles. The smallest absolute Gasteiger partial charge is 0.255 e. The first-order valence-corrected chi connectivity index (χ1v) is 11.7. The van der Waals surface area contributed by atoms with Crippen LogP contribution in [-0.2, 0) is 14.8 Å². The molecule has 0 aliphatic carbocycles. The Morgan fingerprint density at radius 2 is 1.66 bits per heavy atom. The lowest BCUT2D eigenvalue weighted by Crippen LogP contribution is -2.40. The lowest BCUT2D eigenvalue weighted by atomic mass is 10.0. The van der Waals surface area contributed by atoms with Crippen LogP contribution in [0.2, 0.25) is 0 Å². The van der Waals surface area contributed by atoms with E-state index in [2.05, 4.69) is 5.32 Å². The number of nitrogens with zero attached hydrogens (tertiary/aromatic N) is 1. The Labute approximate surface area is 187 Å². The standard InChI is InChI=1S/C24H24N2O5S/c1-30-22-11-10-21(17-23(22)32(28,29)26-12-14-31-15-13-26)25-24(27)20-9-5-8-19(16-20)18-6-3-2-4-7-18/h2-11,16-17H,12-15H2,1H3,(H,25,27). The predicted octanol–water partition coefficient (Wildman–Crippen LogP) is 3.64. The molecule has 0 spiro atoms. The highest BCUT2D eigenvalue weighted by molar-refractivity contribution is 7.89. The molecule has 8 heteroatoms. The van der Waals surface area contributed by atoms with Gasteiger partial charge >= 0.3 is 0 Å². The van der Waals surface area contributed by atoms with Gasteiger partial charge in [-0.05, 0) is 41.5 Å². The second-order valence-electron chi connectivity index (χ2n) is 7.28. The maximum absolute atomic E-state index is 13.2. The minimum atomic E-state index is -3.79. The highest BCUT2D eigenvalue weighted by Crippen LogP contribution is 2.30. The van der Waals surface area contributed by atoms with Crippen LogP contribution >= 0.6 is 0 Å². The van der Waals surface area contributed by atoms with Crippen LogP contribution in [0, 0.1) is 0 Å². The number of ether oxygens (including phenoxy) is 2. The summed E-state index contributed by atoms with van der Waals surface area (Å²) in [6.45, 7) is 1.23. The Morgan fingerprint density at radius 1 is 0.938 bits per heavy atom. The van der Waals surface area contributed by atoms with Crippen LogP contribution < -0.4 is 10.1 Å². The van der Waals surface area contributed by atoms with E-state index in [0.29, 0.717) is 24.5 Å². The second-order valence-corrected chi connectivity index (χ2v) is 9.19. The highest BCUT2D eigenvalue weighted by Gasteiger charge is 2.29. The molecule has 0 aromatic heterocycles. The Morgan fingerprint density at radius 3 is 2.38 bits per heavy atom. The van der Waals surface area contributed by atoms with E-state index in [4.69, 9.17) is 9.47 Å². The topological polar surface area (TPSA) is 84.9 Å². The first-order chi connectivity index (χ1) is 15.5. The zero-order valence-electron chi connectivity index (χ0n) is 17.7. The molecule has 1 N–H and O–H groups in total. The minimum Gasteiger partial charge on any atom is -0.495 e. The molecule has 0 atom stereocenters. The lowest BCUT2D eigenvalue weighted by Gasteiger charge is -2.26. The number of benzene rings is 3. The number of carbonyl (C=O) groups excluding carboxylic acids is 1. The van der Waals surface area contributed by atoms with Crippen molar-refractivity contribution in [1.29, 1.82) is 0 Å². The van der Waals surface area contributed by atoms with Crippen molar-refractivity contribution in [3.05, 3.63) is 78.4 Å². The number of amides is 1. The minimum absolute atomic E-state index is 0.0118. The molecular formula is C24H24N2O5S. The lowest BCUT2D eigenvalue weighted by molar-refractivity contribution is 0.0729. The molecule has 7 nitrogen and oxygen atoms in total. The van der Waals surface area contributed by atoms with Crippen molar-refractivity contribution in [1.82, 2.24) is 4.31 Å². The number of methoxy groups -OCH3 is 1. The molecule has 32 heavy (non-hydrogen) atoms. The third-order valence-electron chi connectivity index (χ3n) is 5.24. The maximum atomic E-state index is 13.2. The van der Waals surface area contributed by atoms with Crippen molar-refractivity contribution < 1.29 is 22.7 Å². The number of hydrogen-bond acceptors (Lipinski definition) is 5. The molecule has 1 aliphatic rings. The molecule has 0 unspecified atom stereocenters. The largest absolute Gasteiger partial charge is 0.495 e. The molecule has 3 aromatic rings. The third kappa shape index (κ3) is 4.67. The number of sulfonamides is 1. The fourth-order valence-electron chi connectivity index (χ4n) is 3.56. The second kappa shape index (κ2) is 9.52. The summed E-state index contributed by atoms with van der Waals surface area (Å²) in [5, 5.41) is 2.80. The van der Waals surface area contributed by atoms with Crippen LogP contribution in [0.15, 0.2) is 77.7 Å². The Bertz CT molecular complexity index is 1210. The van der Waals surface area contributed by atoms with E-state index in [1.807, 2.05) is 42.5 Å². The molecule has 1 fully saturated rings. The summed E-state index contributed by atoms with van der Waals surface area (Å²) in [7, 11) is -2.38. The molecule has 1 aliphatic heterocycles. The van der Waals surface area contributed by atoms with Crippen LogP contribution in [0.3, 0.4) is 0 Å². The molecule has 0 bridgehead atoms. The van der Waals surface area contributed by atoms with Crippen LogP contribution in [0.1, 0.15) is 10.4 Å². The average molecular weight is 453 g/mol. The number of hydrogen-bond donors (Lipinski definition) is 1. The van der Waals surface area contributed by atoms with Gasteiger partial charge in [-0.3, -0.25) is 4.79 Å². The van der Waals surface area contributed by atoms with Gasteiger partial charge < -0.3 is 14.8 Å². The van der Waals surface area contributed by atoms with Crippen molar-refractivity contribution in [2.24, 2.45) is 0 Å². The Kier molecular flexibility index (Phi) is 6.55. The zero-order valence-corrected chi connectivity index (χ0v) is 18.5. The summed E-state index contributed by atoms with van der Waals surface area (Å²) in [5.41, 5.74) is 2.77. The average Bonchev–Trinajstić information content (AvgIpc) is 2.85. The summed E-state index contributed by atoms with van der Waals surface area (Å²) in [4.78, 5) is 12.9. The van der Waals surface area contributed by atoms with Gasteiger partial charge in [-0.25, -0.2) is 8.42 Å². The fraction of sp³-hybridized carbons (Fsp3) is 0.208. The van der Waals surface area contributed by atoms with Crippen molar-refractivity contribution in [2.45, 2.75) is 4.90 Å². The number of morpholine rings is 1. The number of carbonyl (C=O) groups is 1. The van der Waals surface area contributed by atoms with E-state index >= 15 is 0 Å². The Balaban J connectivity index is 1.60. The molecule has 1 amide bonds. The number of rotatable bonds is 6. The van der Waals surface area contributed by atoms with Crippen LogP contribution in [-0.4, -0.2) is 52.0 Å². The summed E-state index contributed by atoms with van der Waals surface area (Å²) in [6.07, 6.45) is 0. The zero-order chi connectivity index (χ0) is 22.6. The maximum Gasteiger partial charge on any atom is 0.255 e. The SMILES string of the molecule is COc1ccc(NC(=O)c2cccc(-c3ccccc3)c2)cc1S(=O)(=O)N1CCOCC1. The molecule has 166 valence electrons. The van der Waals surface area contributed by atoms with Gasteiger partial charge in [0, 0.05) is 24.3 Å². The van der Waals surface area contributed by atoms with Gasteiger partial charge in [0.2, 0.25) is 10.0 Å².